The van der Waals surface area contributed by atoms with Crippen LogP contribution in [0.2, 0.25) is 0 Å². The van der Waals surface area contributed by atoms with Crippen molar-refractivity contribution in [3.05, 3.63) is 70.3 Å². The first-order valence-corrected chi connectivity index (χ1v) is 14.7. The Morgan fingerprint density at radius 1 is 0.929 bits per heavy atom. The van der Waals surface area contributed by atoms with Crippen molar-refractivity contribution in [2.24, 2.45) is 5.92 Å². The second-order valence-electron chi connectivity index (χ2n) is 9.80. The van der Waals surface area contributed by atoms with E-state index in [9.17, 15) is 32.9 Å². The number of methoxy groups -OCH3 is 2. The third kappa shape index (κ3) is 10.1. The SMILES string of the molecule is COC(=O)C(CCCC(C(=O)OC)N(CCC(C)C)S(=O)(=O)c1ccc([N+](=O)[O-])cc1)NC(=O)OCc1ccccc1. The van der Waals surface area contributed by atoms with E-state index in [1.54, 1.807) is 24.3 Å². The van der Waals surface area contributed by atoms with E-state index in [0.29, 0.717) is 6.42 Å². The van der Waals surface area contributed by atoms with Crippen LogP contribution in [-0.4, -0.2) is 68.5 Å². The van der Waals surface area contributed by atoms with E-state index in [2.05, 4.69) is 5.32 Å². The van der Waals surface area contributed by atoms with Crippen LogP contribution < -0.4 is 5.32 Å². The predicted molar refractivity (Wildman–Crippen MR) is 152 cm³/mol. The molecule has 2 aromatic carbocycles. The van der Waals surface area contributed by atoms with Gasteiger partial charge in [0.25, 0.3) is 5.69 Å². The number of nitro benzene ring substituents is 1. The highest BCUT2D eigenvalue weighted by Gasteiger charge is 2.37. The molecule has 2 aromatic rings. The first-order chi connectivity index (χ1) is 19.9. The number of benzene rings is 2. The van der Waals surface area contributed by atoms with Crippen molar-refractivity contribution in [2.45, 2.75) is 63.1 Å². The largest absolute Gasteiger partial charge is 0.468 e. The van der Waals surface area contributed by atoms with Gasteiger partial charge in [0.05, 0.1) is 24.0 Å². The Morgan fingerprint density at radius 2 is 1.55 bits per heavy atom. The Balaban J connectivity index is 2.22. The van der Waals surface area contributed by atoms with E-state index in [0.717, 1.165) is 48.4 Å². The van der Waals surface area contributed by atoms with Crippen molar-refractivity contribution >= 4 is 33.7 Å². The number of rotatable bonds is 16. The average Bonchev–Trinajstić information content (AvgIpc) is 2.98. The predicted octanol–water partition coefficient (Wildman–Crippen LogP) is 3.81. The van der Waals surface area contributed by atoms with Crippen LogP contribution in [0.4, 0.5) is 10.5 Å². The number of alkyl carbamates (subject to hydrolysis) is 1. The first-order valence-electron chi connectivity index (χ1n) is 13.3. The number of amides is 1. The summed E-state index contributed by atoms with van der Waals surface area (Å²) in [4.78, 5) is 47.8. The summed E-state index contributed by atoms with van der Waals surface area (Å²) in [5, 5.41) is 13.5. The highest BCUT2D eigenvalue weighted by molar-refractivity contribution is 7.89. The Bertz CT molecular complexity index is 1300. The third-order valence-corrected chi connectivity index (χ3v) is 8.29. The normalized spacial score (nSPS) is 12.8. The molecule has 0 saturated heterocycles. The number of ether oxygens (including phenoxy) is 3. The van der Waals surface area contributed by atoms with Crippen LogP contribution in [0.5, 0.6) is 0 Å². The summed E-state index contributed by atoms with van der Waals surface area (Å²) in [6.07, 6.45) is -0.356. The smallest absolute Gasteiger partial charge is 0.408 e. The molecule has 0 aliphatic heterocycles. The summed E-state index contributed by atoms with van der Waals surface area (Å²) in [5.41, 5.74) is 0.467. The van der Waals surface area contributed by atoms with Crippen molar-refractivity contribution < 1.29 is 41.9 Å². The fraction of sp³-hybridized carbons (Fsp3) is 0.464. The maximum absolute atomic E-state index is 13.7. The van der Waals surface area contributed by atoms with Crippen LogP contribution in [0.3, 0.4) is 0 Å². The molecule has 0 heterocycles. The minimum absolute atomic E-state index is 0.0101. The summed E-state index contributed by atoms with van der Waals surface area (Å²) in [6.45, 7) is 3.75. The Morgan fingerprint density at radius 3 is 2.10 bits per heavy atom. The Labute approximate surface area is 245 Å². The van der Waals surface area contributed by atoms with Crippen molar-refractivity contribution in [1.29, 1.82) is 0 Å². The molecule has 0 fully saturated rings. The van der Waals surface area contributed by atoms with Gasteiger partial charge in [0.1, 0.15) is 18.7 Å². The zero-order valence-electron chi connectivity index (χ0n) is 24.1. The topological polar surface area (TPSA) is 171 Å². The van der Waals surface area contributed by atoms with Gasteiger partial charge in [-0.05, 0) is 49.3 Å². The molecular weight excluding hydrogens is 570 g/mol. The summed E-state index contributed by atoms with van der Waals surface area (Å²) in [5.74, 6) is -1.46. The monoisotopic (exact) mass is 607 g/mol. The standard InChI is InChI=1S/C28H37N3O10S/c1-20(2)17-18-30(42(37,38)23-15-13-22(14-16-23)31(35)36)25(27(33)40-4)12-8-11-24(26(32)39-3)29-28(34)41-19-21-9-6-5-7-10-21/h5-7,9-10,13-16,20,24-25H,8,11-12,17-19H2,1-4H3,(H,29,34). The summed E-state index contributed by atoms with van der Waals surface area (Å²) < 4.78 is 43.3. The van der Waals surface area contributed by atoms with Crippen LogP contribution in [0.15, 0.2) is 59.5 Å². The van der Waals surface area contributed by atoms with Gasteiger partial charge in [0.2, 0.25) is 10.0 Å². The number of non-ortho nitro benzene ring substituents is 1. The highest BCUT2D eigenvalue weighted by Crippen LogP contribution is 2.25. The lowest BCUT2D eigenvalue weighted by Crippen LogP contribution is -2.47. The second-order valence-corrected chi connectivity index (χ2v) is 11.7. The number of nitrogens with one attached hydrogen (secondary N) is 1. The molecular formula is C28H37N3O10S. The lowest BCUT2D eigenvalue weighted by atomic mass is 10.0. The van der Waals surface area contributed by atoms with Crippen molar-refractivity contribution in [3.63, 3.8) is 0 Å². The number of carbonyl (C=O) groups is 3. The van der Waals surface area contributed by atoms with Crippen molar-refractivity contribution in [1.82, 2.24) is 9.62 Å². The van der Waals surface area contributed by atoms with Gasteiger partial charge in [0.15, 0.2) is 0 Å². The van der Waals surface area contributed by atoms with E-state index >= 15 is 0 Å². The maximum atomic E-state index is 13.7. The van der Waals surface area contributed by atoms with E-state index in [-0.39, 0.29) is 48.9 Å². The van der Waals surface area contributed by atoms with Gasteiger partial charge in [-0.3, -0.25) is 14.9 Å². The molecule has 0 spiro atoms. The number of nitro groups is 1. The second kappa shape index (κ2) is 16.4. The molecule has 2 rings (SSSR count). The minimum Gasteiger partial charge on any atom is -0.468 e. The molecule has 1 N–H and O–H groups in total. The average molecular weight is 608 g/mol. The summed E-state index contributed by atoms with van der Waals surface area (Å²) >= 11 is 0. The quantitative estimate of drug-likeness (QED) is 0.128. The van der Waals surface area contributed by atoms with E-state index in [1.807, 2.05) is 19.9 Å². The van der Waals surface area contributed by atoms with Crippen LogP contribution in [0.25, 0.3) is 0 Å². The summed E-state index contributed by atoms with van der Waals surface area (Å²) in [7, 11) is -1.99. The van der Waals surface area contributed by atoms with Gasteiger partial charge in [-0.25, -0.2) is 18.0 Å². The van der Waals surface area contributed by atoms with Crippen LogP contribution in [0, 0.1) is 16.0 Å². The number of carbonyl (C=O) groups excluding carboxylic acids is 3. The van der Waals surface area contributed by atoms with Crippen LogP contribution in [0.1, 0.15) is 45.1 Å². The van der Waals surface area contributed by atoms with Gasteiger partial charge in [-0.15, -0.1) is 0 Å². The number of esters is 2. The number of nitrogens with zero attached hydrogens (tertiary/aromatic N) is 2. The zero-order chi connectivity index (χ0) is 31.3. The zero-order valence-corrected chi connectivity index (χ0v) is 24.9. The summed E-state index contributed by atoms with van der Waals surface area (Å²) in [6, 6.07) is 10.9. The molecule has 230 valence electrons. The molecule has 0 saturated carbocycles. The molecule has 2 atom stereocenters. The molecule has 0 aromatic heterocycles. The van der Waals surface area contributed by atoms with E-state index in [4.69, 9.17) is 14.2 Å². The molecule has 2 unspecified atom stereocenters. The third-order valence-electron chi connectivity index (χ3n) is 6.36. The molecule has 1 amide bonds. The molecule has 14 heteroatoms. The Hall–Kier alpha value is -4.04. The lowest BCUT2D eigenvalue weighted by molar-refractivity contribution is -0.384. The minimum atomic E-state index is -4.29. The van der Waals surface area contributed by atoms with Gasteiger partial charge in [-0.2, -0.15) is 4.31 Å². The molecule has 13 nitrogen and oxygen atoms in total. The molecule has 0 aliphatic rings. The number of sulfonamides is 1. The Kier molecular flexibility index (Phi) is 13.4. The van der Waals surface area contributed by atoms with E-state index in [1.165, 1.54) is 0 Å². The maximum Gasteiger partial charge on any atom is 0.408 e. The van der Waals surface area contributed by atoms with Gasteiger partial charge in [0, 0.05) is 18.7 Å². The molecule has 42 heavy (non-hydrogen) atoms. The van der Waals surface area contributed by atoms with Crippen LogP contribution >= 0.6 is 0 Å². The van der Waals surface area contributed by atoms with Gasteiger partial charge in [-0.1, -0.05) is 44.2 Å². The fourth-order valence-corrected chi connectivity index (χ4v) is 5.66. The molecule has 0 radical (unpaired) electrons. The molecule has 0 bridgehead atoms. The van der Waals surface area contributed by atoms with Gasteiger partial charge >= 0.3 is 18.0 Å². The van der Waals surface area contributed by atoms with Crippen molar-refractivity contribution in [2.75, 3.05) is 20.8 Å². The van der Waals surface area contributed by atoms with Crippen LogP contribution in [-0.2, 0) is 40.4 Å². The highest BCUT2D eigenvalue weighted by atomic mass is 32.2. The molecule has 0 aliphatic carbocycles. The number of hydrogen-bond donors (Lipinski definition) is 1. The fourth-order valence-electron chi connectivity index (χ4n) is 4.03. The number of hydrogen-bond acceptors (Lipinski definition) is 10. The van der Waals surface area contributed by atoms with Crippen molar-refractivity contribution in [3.8, 4) is 0 Å². The lowest BCUT2D eigenvalue weighted by Gasteiger charge is -2.30. The first kappa shape index (κ1) is 34.2. The van der Waals surface area contributed by atoms with E-state index < -0.39 is 45.1 Å². The van der Waals surface area contributed by atoms with Gasteiger partial charge < -0.3 is 19.5 Å².